The Labute approximate surface area is 205 Å². The fourth-order valence-corrected chi connectivity index (χ4v) is 7.17. The highest BCUT2D eigenvalue weighted by molar-refractivity contribution is 7.90. The van der Waals surface area contributed by atoms with Crippen molar-refractivity contribution in [2.24, 2.45) is 5.92 Å². The van der Waals surface area contributed by atoms with Gasteiger partial charge < -0.3 is 4.74 Å². The molecule has 6 nitrogen and oxygen atoms in total. The van der Waals surface area contributed by atoms with Crippen LogP contribution in [0.25, 0.3) is 0 Å². The Morgan fingerprint density at radius 2 is 1.89 bits per heavy atom. The second-order valence-electron chi connectivity index (χ2n) is 8.87. The molecule has 2 aliphatic heterocycles. The number of alkyl halides is 3. The number of aromatic nitrogens is 2. The molecule has 1 saturated heterocycles. The van der Waals surface area contributed by atoms with E-state index in [4.69, 9.17) is 4.74 Å². The fourth-order valence-electron chi connectivity index (χ4n) is 5.05. The summed E-state index contributed by atoms with van der Waals surface area (Å²) in [6, 6.07) is 13.5. The van der Waals surface area contributed by atoms with Gasteiger partial charge in [-0.25, -0.2) is 13.4 Å². The predicted octanol–water partition coefficient (Wildman–Crippen LogP) is 5.35. The Morgan fingerprint density at radius 3 is 2.60 bits per heavy atom. The molecule has 186 valence electrons. The van der Waals surface area contributed by atoms with E-state index in [0.29, 0.717) is 30.3 Å². The summed E-state index contributed by atoms with van der Waals surface area (Å²) in [6.45, 7) is 0.656. The molecule has 0 bridgehead atoms. The maximum absolute atomic E-state index is 13.6. The normalized spacial score (nSPS) is 23.5. The molecule has 11 heteroatoms. The molecule has 0 unspecified atom stereocenters. The smallest absolute Gasteiger partial charge is 0.391 e. The molecule has 5 rings (SSSR count). The van der Waals surface area contributed by atoms with Crippen LogP contribution in [0.4, 0.5) is 13.2 Å². The van der Waals surface area contributed by atoms with Gasteiger partial charge in [-0.05, 0) is 48.6 Å². The zero-order valence-electron chi connectivity index (χ0n) is 18.7. The van der Waals surface area contributed by atoms with Gasteiger partial charge in [0, 0.05) is 24.1 Å². The lowest BCUT2D eigenvalue weighted by Gasteiger charge is -2.46. The van der Waals surface area contributed by atoms with Gasteiger partial charge in [-0.3, -0.25) is 4.90 Å². The van der Waals surface area contributed by atoms with Gasteiger partial charge in [-0.1, -0.05) is 36.4 Å². The van der Waals surface area contributed by atoms with Crippen molar-refractivity contribution in [3.63, 3.8) is 0 Å². The third-order valence-corrected chi connectivity index (χ3v) is 9.23. The molecule has 0 aliphatic carbocycles. The molecule has 0 saturated carbocycles. The third-order valence-electron chi connectivity index (χ3n) is 6.76. The Hall–Kier alpha value is -2.50. The van der Waals surface area contributed by atoms with E-state index in [2.05, 4.69) is 14.3 Å². The molecular formula is C24H24F3N3O3S2. The van der Waals surface area contributed by atoms with Gasteiger partial charge >= 0.3 is 6.18 Å². The highest BCUT2D eigenvalue weighted by atomic mass is 32.2. The summed E-state index contributed by atoms with van der Waals surface area (Å²) in [6.07, 6.45) is -2.27. The second-order valence-corrected chi connectivity index (χ2v) is 11.7. The monoisotopic (exact) mass is 523 g/mol. The number of nitrogens with zero attached hydrogens (tertiary/aromatic N) is 3. The van der Waals surface area contributed by atoms with E-state index in [1.807, 2.05) is 30.3 Å². The lowest BCUT2D eigenvalue weighted by atomic mass is 9.84. The molecule has 0 amide bonds. The summed E-state index contributed by atoms with van der Waals surface area (Å²) >= 11 is 1.03. The van der Waals surface area contributed by atoms with Crippen LogP contribution in [0.1, 0.15) is 47.5 Å². The molecule has 0 radical (unpaired) electrons. The van der Waals surface area contributed by atoms with Crippen molar-refractivity contribution in [1.29, 1.82) is 0 Å². The molecule has 2 aromatic carbocycles. The first-order valence-electron chi connectivity index (χ1n) is 11.3. The number of halogens is 3. The average Bonchev–Trinajstić information content (AvgIpc) is 3.35. The quantitative estimate of drug-likeness (QED) is 0.449. The number of benzene rings is 2. The largest absolute Gasteiger partial charge is 0.493 e. The summed E-state index contributed by atoms with van der Waals surface area (Å²) in [5, 5.41) is 0.403. The van der Waals surface area contributed by atoms with Crippen LogP contribution in [-0.2, 0) is 15.6 Å². The van der Waals surface area contributed by atoms with Crippen LogP contribution in [0.5, 0.6) is 5.75 Å². The zero-order valence-corrected chi connectivity index (χ0v) is 20.3. The van der Waals surface area contributed by atoms with Crippen molar-refractivity contribution >= 4 is 21.4 Å². The van der Waals surface area contributed by atoms with Gasteiger partial charge in [-0.15, -0.1) is 0 Å². The van der Waals surface area contributed by atoms with Crippen molar-refractivity contribution in [2.45, 2.75) is 48.2 Å². The molecule has 3 atom stereocenters. The topological polar surface area (TPSA) is 72.4 Å². The van der Waals surface area contributed by atoms with Crippen LogP contribution in [0, 0.1) is 5.92 Å². The number of hydrogen-bond acceptors (Lipinski definition) is 7. The molecule has 0 spiro atoms. The minimum Gasteiger partial charge on any atom is -0.493 e. The molecule has 1 aromatic heterocycles. The zero-order chi connectivity index (χ0) is 24.6. The second kappa shape index (κ2) is 9.51. The van der Waals surface area contributed by atoms with Gasteiger partial charge in [0.2, 0.25) is 0 Å². The lowest BCUT2D eigenvalue weighted by molar-refractivity contribution is -0.192. The van der Waals surface area contributed by atoms with Crippen LogP contribution in [0.2, 0.25) is 0 Å². The summed E-state index contributed by atoms with van der Waals surface area (Å²) < 4.78 is 76.4. The van der Waals surface area contributed by atoms with Gasteiger partial charge in [-0.2, -0.15) is 17.5 Å². The molecule has 0 N–H and O–H groups in total. The standard InChI is InChI=1S/C24H24F3N3O3S2/c25-24(26,27)17-8-10-30(21(12-17)16-4-2-1-3-5-16)20-9-11-33-22-13-18(6-7-19(20)22)35(31,32)14-23-28-15-29-34-23/h1-7,13,15,17,20-21H,8-12,14H2/t17-,20-,21+/m0/s1. The van der Waals surface area contributed by atoms with Crippen molar-refractivity contribution in [3.8, 4) is 5.75 Å². The Balaban J connectivity index is 1.46. The molecule has 2 aliphatic rings. The van der Waals surface area contributed by atoms with E-state index in [1.54, 1.807) is 12.1 Å². The van der Waals surface area contributed by atoms with Crippen LogP contribution < -0.4 is 4.74 Å². The Kier molecular flexibility index (Phi) is 6.58. The molecule has 3 aromatic rings. The highest BCUT2D eigenvalue weighted by Gasteiger charge is 2.46. The molecule has 1 fully saturated rings. The van der Waals surface area contributed by atoms with E-state index < -0.39 is 28.0 Å². The van der Waals surface area contributed by atoms with E-state index in [0.717, 1.165) is 22.7 Å². The number of piperidine rings is 1. The summed E-state index contributed by atoms with van der Waals surface area (Å²) in [5.74, 6) is -1.14. The van der Waals surface area contributed by atoms with Crippen molar-refractivity contribution in [2.75, 3.05) is 13.2 Å². The summed E-state index contributed by atoms with van der Waals surface area (Å²) in [4.78, 5) is 6.22. The first-order valence-corrected chi connectivity index (χ1v) is 13.8. The SMILES string of the molecule is O=S(=O)(Cc1ncns1)c1ccc2c(c1)OCC[C@@H]2N1CC[C@H](C(F)(F)F)C[C@@H]1c1ccccc1. The maximum atomic E-state index is 13.6. The van der Waals surface area contributed by atoms with Gasteiger partial charge in [0.15, 0.2) is 9.84 Å². The lowest BCUT2D eigenvalue weighted by Crippen LogP contribution is -2.44. The van der Waals surface area contributed by atoms with Crippen LogP contribution >= 0.6 is 11.5 Å². The van der Waals surface area contributed by atoms with Crippen molar-refractivity contribution in [3.05, 3.63) is 71.0 Å². The van der Waals surface area contributed by atoms with Crippen molar-refractivity contribution in [1.82, 2.24) is 14.3 Å². The van der Waals surface area contributed by atoms with Crippen LogP contribution in [0.3, 0.4) is 0 Å². The van der Waals surface area contributed by atoms with Gasteiger partial charge in [0.05, 0.1) is 17.4 Å². The number of rotatable bonds is 5. The number of sulfone groups is 1. The van der Waals surface area contributed by atoms with Crippen molar-refractivity contribution < 1.29 is 26.3 Å². The van der Waals surface area contributed by atoms with Crippen LogP contribution in [0.15, 0.2) is 59.8 Å². The third kappa shape index (κ3) is 5.07. The predicted molar refractivity (Wildman–Crippen MR) is 125 cm³/mol. The summed E-state index contributed by atoms with van der Waals surface area (Å²) in [5.41, 5.74) is 1.66. The molecule has 3 heterocycles. The first kappa shape index (κ1) is 24.2. The average molecular weight is 524 g/mol. The van der Waals surface area contributed by atoms with E-state index >= 15 is 0 Å². The number of fused-ring (bicyclic) bond motifs is 1. The summed E-state index contributed by atoms with van der Waals surface area (Å²) in [7, 11) is -3.65. The Morgan fingerprint density at radius 1 is 1.09 bits per heavy atom. The number of ether oxygens (including phenoxy) is 1. The fraction of sp³-hybridized carbons (Fsp3) is 0.417. The van der Waals surface area contributed by atoms with Gasteiger partial charge in [0.1, 0.15) is 22.8 Å². The number of likely N-dealkylation sites (tertiary alicyclic amines) is 1. The van der Waals surface area contributed by atoms with E-state index in [1.165, 1.54) is 12.4 Å². The number of hydrogen-bond donors (Lipinski definition) is 0. The van der Waals surface area contributed by atoms with E-state index in [-0.39, 0.29) is 29.5 Å². The first-order chi connectivity index (χ1) is 16.7. The minimum atomic E-state index is -4.23. The highest BCUT2D eigenvalue weighted by Crippen LogP contribution is 2.48. The minimum absolute atomic E-state index is 0.00544. The Bertz CT molecular complexity index is 1270. The molecular weight excluding hydrogens is 499 g/mol. The maximum Gasteiger partial charge on any atom is 0.391 e. The molecule has 35 heavy (non-hydrogen) atoms. The van der Waals surface area contributed by atoms with E-state index in [9.17, 15) is 21.6 Å². The van der Waals surface area contributed by atoms with Crippen LogP contribution in [-0.4, -0.2) is 42.0 Å². The van der Waals surface area contributed by atoms with Gasteiger partial charge in [0.25, 0.3) is 0 Å².